The molecule has 0 radical (unpaired) electrons. The molecule has 5 heteroatoms. The fourth-order valence-corrected chi connectivity index (χ4v) is 3.66. The highest BCUT2D eigenvalue weighted by molar-refractivity contribution is 7.80. The number of thiocarbonyl (C=S) groups is 1. The van der Waals surface area contributed by atoms with Crippen molar-refractivity contribution in [2.24, 2.45) is 11.7 Å². The quantitative estimate of drug-likeness (QED) is 0.801. The molecule has 1 aliphatic rings. The summed E-state index contributed by atoms with van der Waals surface area (Å²) in [7, 11) is 0. The van der Waals surface area contributed by atoms with Gasteiger partial charge in [-0.2, -0.15) is 0 Å². The predicted octanol–water partition coefficient (Wildman–Crippen LogP) is 3.84. The Bertz CT molecular complexity index is 758. The van der Waals surface area contributed by atoms with Crippen LogP contribution in [0.5, 0.6) is 0 Å². The number of carbonyl (C=O) groups is 1. The van der Waals surface area contributed by atoms with E-state index < -0.39 is 6.09 Å². The van der Waals surface area contributed by atoms with Gasteiger partial charge < -0.3 is 15.8 Å². The van der Waals surface area contributed by atoms with Crippen LogP contribution in [0.2, 0.25) is 0 Å². The summed E-state index contributed by atoms with van der Waals surface area (Å²) >= 11 is 5.01. The van der Waals surface area contributed by atoms with Gasteiger partial charge in [-0.15, -0.1) is 0 Å². The lowest BCUT2D eigenvalue weighted by molar-refractivity contribution is 0.139. The minimum Gasteiger partial charge on any atom is -0.449 e. The standard InChI is InChI=1S/C20H22N2O2S/c1-12(2)18(19(21)25)22-20(23)24-11-17-15-9-5-3-7-13(15)14-8-4-6-10-16(14)17/h3-10,12,17-18H,11H2,1-2H3,(H2,21,25)(H,22,23)/t18-/m0/s1. The molecule has 0 spiro atoms. The molecule has 1 amide bonds. The Balaban J connectivity index is 1.73. The maximum absolute atomic E-state index is 12.2. The fraction of sp³-hybridized carbons (Fsp3) is 0.300. The SMILES string of the molecule is CC(C)[C@H](NC(=O)OCC1c2ccccc2-c2ccccc21)C(N)=S. The van der Waals surface area contributed by atoms with Gasteiger partial charge in [-0.3, -0.25) is 0 Å². The maximum atomic E-state index is 12.2. The Morgan fingerprint density at radius 3 is 2.12 bits per heavy atom. The van der Waals surface area contributed by atoms with Gasteiger partial charge in [0.25, 0.3) is 0 Å². The van der Waals surface area contributed by atoms with Crippen LogP contribution in [0.3, 0.4) is 0 Å². The molecule has 0 saturated heterocycles. The molecular weight excluding hydrogens is 332 g/mol. The third kappa shape index (κ3) is 3.51. The van der Waals surface area contributed by atoms with Crippen molar-refractivity contribution in [3.8, 4) is 11.1 Å². The number of hydrogen-bond donors (Lipinski definition) is 2. The van der Waals surface area contributed by atoms with Crippen LogP contribution in [0.25, 0.3) is 11.1 Å². The molecule has 0 heterocycles. The van der Waals surface area contributed by atoms with Crippen LogP contribution in [-0.2, 0) is 4.74 Å². The van der Waals surface area contributed by atoms with Crippen LogP contribution in [-0.4, -0.2) is 23.7 Å². The average molecular weight is 354 g/mol. The molecule has 0 bridgehead atoms. The number of rotatable bonds is 5. The zero-order valence-corrected chi connectivity index (χ0v) is 15.2. The molecule has 1 atom stereocenters. The largest absolute Gasteiger partial charge is 0.449 e. The topological polar surface area (TPSA) is 64.3 Å². The molecule has 3 rings (SSSR count). The van der Waals surface area contributed by atoms with E-state index >= 15 is 0 Å². The number of hydrogen-bond acceptors (Lipinski definition) is 3. The van der Waals surface area contributed by atoms with E-state index in [1.54, 1.807) is 0 Å². The van der Waals surface area contributed by atoms with Crippen LogP contribution in [0.4, 0.5) is 4.79 Å². The smallest absolute Gasteiger partial charge is 0.407 e. The lowest BCUT2D eigenvalue weighted by Crippen LogP contribution is -2.47. The van der Waals surface area contributed by atoms with Gasteiger partial charge in [0.15, 0.2) is 0 Å². The third-order valence-corrected chi connectivity index (χ3v) is 4.84. The zero-order valence-electron chi connectivity index (χ0n) is 14.4. The van der Waals surface area contributed by atoms with Gasteiger partial charge in [-0.25, -0.2) is 4.79 Å². The summed E-state index contributed by atoms with van der Waals surface area (Å²) in [5.74, 6) is 0.151. The van der Waals surface area contributed by atoms with E-state index in [0.717, 1.165) is 0 Å². The molecule has 0 aromatic heterocycles. The van der Waals surface area contributed by atoms with Crippen molar-refractivity contribution < 1.29 is 9.53 Å². The van der Waals surface area contributed by atoms with E-state index in [-0.39, 0.29) is 29.5 Å². The van der Waals surface area contributed by atoms with Gasteiger partial charge in [0.05, 0.1) is 11.0 Å². The number of fused-ring (bicyclic) bond motifs is 3. The zero-order chi connectivity index (χ0) is 18.0. The third-order valence-electron chi connectivity index (χ3n) is 4.59. The molecule has 130 valence electrons. The highest BCUT2D eigenvalue weighted by Gasteiger charge is 2.29. The highest BCUT2D eigenvalue weighted by Crippen LogP contribution is 2.44. The number of nitrogens with one attached hydrogen (secondary N) is 1. The van der Waals surface area contributed by atoms with Crippen LogP contribution >= 0.6 is 12.2 Å². The van der Waals surface area contributed by atoms with Crippen LogP contribution in [0.15, 0.2) is 48.5 Å². The normalized spacial score (nSPS) is 13.9. The molecule has 4 nitrogen and oxygen atoms in total. The van der Waals surface area contributed by atoms with Crippen LogP contribution < -0.4 is 11.1 Å². The number of nitrogens with two attached hydrogens (primary N) is 1. The molecule has 0 saturated carbocycles. The minimum absolute atomic E-state index is 0.0421. The van der Waals surface area contributed by atoms with Gasteiger partial charge in [-0.05, 0) is 28.2 Å². The van der Waals surface area contributed by atoms with E-state index in [1.165, 1.54) is 22.3 Å². The number of benzene rings is 2. The van der Waals surface area contributed by atoms with E-state index in [0.29, 0.717) is 0 Å². The van der Waals surface area contributed by atoms with Gasteiger partial charge in [0.1, 0.15) is 6.61 Å². The maximum Gasteiger partial charge on any atom is 0.407 e. The van der Waals surface area contributed by atoms with E-state index in [9.17, 15) is 4.79 Å². The summed E-state index contributed by atoms with van der Waals surface area (Å²) in [6.45, 7) is 4.18. The molecule has 0 unspecified atom stereocenters. The molecule has 2 aromatic rings. The van der Waals surface area contributed by atoms with Crippen molar-refractivity contribution in [2.45, 2.75) is 25.8 Å². The van der Waals surface area contributed by atoms with Crippen molar-refractivity contribution in [1.82, 2.24) is 5.32 Å². The Kier molecular flexibility index (Phi) is 5.04. The molecular formula is C20H22N2O2S. The van der Waals surface area contributed by atoms with Crippen molar-refractivity contribution in [3.63, 3.8) is 0 Å². The van der Waals surface area contributed by atoms with Crippen LogP contribution in [0, 0.1) is 5.92 Å². The van der Waals surface area contributed by atoms with Crippen molar-refractivity contribution in [2.75, 3.05) is 6.61 Å². The summed E-state index contributed by atoms with van der Waals surface area (Å²) in [4.78, 5) is 12.5. The predicted molar refractivity (Wildman–Crippen MR) is 104 cm³/mol. The van der Waals surface area contributed by atoms with Gasteiger partial charge in [0, 0.05) is 5.92 Å². The second kappa shape index (κ2) is 7.23. The number of ether oxygens (including phenoxy) is 1. The molecule has 0 aliphatic heterocycles. The second-order valence-corrected chi connectivity index (χ2v) is 7.07. The molecule has 0 fully saturated rings. The van der Waals surface area contributed by atoms with Crippen molar-refractivity contribution >= 4 is 23.3 Å². The number of amides is 1. The van der Waals surface area contributed by atoms with E-state index in [2.05, 4.69) is 29.6 Å². The molecule has 3 N–H and O–H groups in total. The first-order chi connectivity index (χ1) is 12.0. The average Bonchev–Trinajstić information content (AvgIpc) is 2.91. The monoisotopic (exact) mass is 354 g/mol. The van der Waals surface area contributed by atoms with Gasteiger partial charge >= 0.3 is 6.09 Å². The fourth-order valence-electron chi connectivity index (χ4n) is 3.33. The lowest BCUT2D eigenvalue weighted by Gasteiger charge is -2.21. The Morgan fingerprint density at radius 2 is 1.64 bits per heavy atom. The van der Waals surface area contributed by atoms with E-state index in [4.69, 9.17) is 22.7 Å². The first kappa shape index (κ1) is 17.4. The number of alkyl carbamates (subject to hydrolysis) is 1. The van der Waals surface area contributed by atoms with E-state index in [1.807, 2.05) is 38.1 Å². The number of carbonyl (C=O) groups excluding carboxylic acids is 1. The molecule has 1 aliphatic carbocycles. The summed E-state index contributed by atoms with van der Waals surface area (Å²) in [6, 6.07) is 16.1. The van der Waals surface area contributed by atoms with Crippen molar-refractivity contribution in [1.29, 1.82) is 0 Å². The van der Waals surface area contributed by atoms with Crippen molar-refractivity contribution in [3.05, 3.63) is 59.7 Å². The Morgan fingerprint density at radius 1 is 1.12 bits per heavy atom. The highest BCUT2D eigenvalue weighted by atomic mass is 32.1. The molecule has 2 aromatic carbocycles. The van der Waals surface area contributed by atoms with Gasteiger partial charge in [-0.1, -0.05) is 74.6 Å². The Hall–Kier alpha value is -2.40. The Labute approximate surface area is 153 Å². The minimum atomic E-state index is -0.492. The van der Waals surface area contributed by atoms with Crippen LogP contribution in [0.1, 0.15) is 30.9 Å². The summed E-state index contributed by atoms with van der Waals surface area (Å²) in [5, 5.41) is 2.76. The first-order valence-corrected chi connectivity index (χ1v) is 8.80. The van der Waals surface area contributed by atoms with Gasteiger partial charge in [0.2, 0.25) is 0 Å². The summed E-state index contributed by atoms with van der Waals surface area (Å²) in [6.07, 6.45) is -0.492. The molecule has 25 heavy (non-hydrogen) atoms. The first-order valence-electron chi connectivity index (χ1n) is 8.40. The lowest BCUT2D eigenvalue weighted by atomic mass is 9.98. The second-order valence-electron chi connectivity index (χ2n) is 6.59. The summed E-state index contributed by atoms with van der Waals surface area (Å²) < 4.78 is 5.51. The summed E-state index contributed by atoms with van der Waals surface area (Å²) in [5.41, 5.74) is 10.5.